The van der Waals surface area contributed by atoms with Crippen molar-refractivity contribution < 1.29 is 21.6 Å². The molecule has 1 rings (SSSR count). The smallest absolute Gasteiger partial charge is 0.283 e. The van der Waals surface area contributed by atoms with E-state index < -0.39 is 27.5 Å². The van der Waals surface area contributed by atoms with Crippen LogP contribution in [-0.4, -0.2) is 14.2 Å². The van der Waals surface area contributed by atoms with Crippen LogP contribution in [0.25, 0.3) is 0 Å². The van der Waals surface area contributed by atoms with Crippen LogP contribution in [-0.2, 0) is 16.2 Å². The maximum absolute atomic E-state index is 12.2. The van der Waals surface area contributed by atoms with Gasteiger partial charge in [0.25, 0.3) is 0 Å². The molecule has 0 spiro atoms. The van der Waals surface area contributed by atoms with Gasteiger partial charge in [-0.3, -0.25) is 4.72 Å². The summed E-state index contributed by atoms with van der Waals surface area (Å²) >= 11 is 0. The first kappa shape index (κ1) is 13.3. The van der Waals surface area contributed by atoms with Crippen molar-refractivity contribution in [2.24, 2.45) is 0 Å². The summed E-state index contributed by atoms with van der Waals surface area (Å²) in [4.78, 5) is 0. The minimum Gasteiger partial charge on any atom is -0.283 e. The molecule has 1 aromatic carbocycles. The number of halogens is 3. The van der Waals surface area contributed by atoms with Gasteiger partial charge in [-0.1, -0.05) is 0 Å². The second-order valence-corrected chi connectivity index (χ2v) is 4.82. The first-order chi connectivity index (χ1) is 7.74. The molecule has 0 aliphatic rings. The highest BCUT2D eigenvalue weighted by atomic mass is 32.2. The second kappa shape index (κ2) is 4.63. The first-order valence-corrected chi connectivity index (χ1v) is 5.94. The summed E-state index contributed by atoms with van der Waals surface area (Å²) in [6, 6.07) is 4.91. The van der Waals surface area contributed by atoms with E-state index >= 15 is 0 Å². The first-order valence-electron chi connectivity index (χ1n) is 4.29. The van der Waals surface area contributed by atoms with Gasteiger partial charge in [0.15, 0.2) is 5.75 Å². The van der Waals surface area contributed by atoms with E-state index in [0.717, 1.165) is 24.3 Å². The molecular formula is C9H7F3N2O2S. The third-order valence-corrected chi connectivity index (χ3v) is 2.80. The SMILES string of the molecule is N#CCS(=O)(=O)Nc1ccc(C(F)(F)F)cc1. The molecule has 0 aromatic heterocycles. The van der Waals surface area contributed by atoms with Crippen LogP contribution >= 0.6 is 0 Å². The Bertz CT molecular complexity index is 529. The number of anilines is 1. The van der Waals surface area contributed by atoms with E-state index in [4.69, 9.17) is 5.26 Å². The quantitative estimate of drug-likeness (QED) is 0.907. The van der Waals surface area contributed by atoms with E-state index in [1.165, 1.54) is 6.07 Å². The minimum absolute atomic E-state index is 0.0201. The lowest BCUT2D eigenvalue weighted by Gasteiger charge is -2.08. The summed E-state index contributed by atoms with van der Waals surface area (Å²) < 4.78 is 60.8. The minimum atomic E-state index is -4.47. The lowest BCUT2D eigenvalue weighted by molar-refractivity contribution is -0.137. The Balaban J connectivity index is 2.87. The highest BCUT2D eigenvalue weighted by Crippen LogP contribution is 2.29. The molecule has 1 N–H and O–H groups in total. The Labute approximate surface area is 95.7 Å². The molecular weight excluding hydrogens is 257 g/mol. The van der Waals surface area contributed by atoms with Gasteiger partial charge in [0.1, 0.15) is 0 Å². The maximum Gasteiger partial charge on any atom is 0.416 e. The topological polar surface area (TPSA) is 70.0 Å². The molecule has 8 heteroatoms. The molecule has 0 aliphatic carbocycles. The van der Waals surface area contributed by atoms with Crippen LogP contribution in [0.5, 0.6) is 0 Å². The van der Waals surface area contributed by atoms with Crippen molar-refractivity contribution >= 4 is 15.7 Å². The summed E-state index contributed by atoms with van der Waals surface area (Å²) in [7, 11) is -3.83. The summed E-state index contributed by atoms with van der Waals surface area (Å²) in [5.74, 6) is -0.756. The van der Waals surface area contributed by atoms with Gasteiger partial charge in [0, 0.05) is 5.69 Å². The fourth-order valence-electron chi connectivity index (χ4n) is 1.03. The van der Waals surface area contributed by atoms with Gasteiger partial charge >= 0.3 is 6.18 Å². The number of nitriles is 1. The van der Waals surface area contributed by atoms with Crippen molar-refractivity contribution in [1.82, 2.24) is 0 Å². The van der Waals surface area contributed by atoms with Crippen molar-refractivity contribution in [3.63, 3.8) is 0 Å². The average molecular weight is 264 g/mol. The molecule has 0 amide bonds. The number of benzene rings is 1. The Kier molecular flexibility index (Phi) is 3.63. The van der Waals surface area contributed by atoms with Crippen LogP contribution in [0.4, 0.5) is 18.9 Å². The predicted octanol–water partition coefficient (Wildman–Crippen LogP) is 1.97. The zero-order chi connectivity index (χ0) is 13.1. The molecule has 0 radical (unpaired) electrons. The molecule has 4 nitrogen and oxygen atoms in total. The van der Waals surface area contributed by atoms with E-state index in [1.54, 1.807) is 0 Å². The van der Waals surface area contributed by atoms with Crippen LogP contribution in [0.1, 0.15) is 5.56 Å². The van der Waals surface area contributed by atoms with Gasteiger partial charge < -0.3 is 0 Å². The molecule has 0 atom stereocenters. The second-order valence-electron chi connectivity index (χ2n) is 3.09. The number of hydrogen-bond donors (Lipinski definition) is 1. The molecule has 0 unspecified atom stereocenters. The highest BCUT2D eigenvalue weighted by Gasteiger charge is 2.30. The van der Waals surface area contributed by atoms with Crippen molar-refractivity contribution in [3.05, 3.63) is 29.8 Å². The number of rotatable bonds is 3. The number of hydrogen-bond acceptors (Lipinski definition) is 3. The zero-order valence-electron chi connectivity index (χ0n) is 8.32. The van der Waals surface area contributed by atoms with E-state index in [1.807, 2.05) is 4.72 Å². The molecule has 92 valence electrons. The van der Waals surface area contributed by atoms with Crippen LogP contribution in [0.15, 0.2) is 24.3 Å². The number of nitrogens with zero attached hydrogens (tertiary/aromatic N) is 1. The summed E-state index contributed by atoms with van der Waals surface area (Å²) in [5, 5.41) is 8.21. The molecule has 0 saturated heterocycles. The highest BCUT2D eigenvalue weighted by molar-refractivity contribution is 7.92. The van der Waals surface area contributed by atoms with Crippen LogP contribution in [0.2, 0.25) is 0 Å². The van der Waals surface area contributed by atoms with Gasteiger partial charge in [-0.25, -0.2) is 8.42 Å². The van der Waals surface area contributed by atoms with E-state index in [-0.39, 0.29) is 5.69 Å². The predicted molar refractivity (Wildman–Crippen MR) is 54.5 cm³/mol. The van der Waals surface area contributed by atoms with Crippen LogP contribution in [0, 0.1) is 11.3 Å². The standard InChI is InChI=1S/C9H7F3N2O2S/c10-9(11,12)7-1-3-8(4-2-7)14-17(15,16)6-5-13/h1-4,14H,6H2. The van der Waals surface area contributed by atoms with Gasteiger partial charge in [-0.05, 0) is 24.3 Å². The number of sulfonamides is 1. The van der Waals surface area contributed by atoms with Gasteiger partial charge in [0.2, 0.25) is 10.0 Å². The van der Waals surface area contributed by atoms with E-state index in [0.29, 0.717) is 0 Å². The Hall–Kier alpha value is -1.75. The van der Waals surface area contributed by atoms with Gasteiger partial charge in [-0.2, -0.15) is 18.4 Å². The van der Waals surface area contributed by atoms with Gasteiger partial charge in [0.05, 0.1) is 11.6 Å². The van der Waals surface area contributed by atoms with Crippen LogP contribution < -0.4 is 4.72 Å². The zero-order valence-corrected chi connectivity index (χ0v) is 9.14. The summed E-state index contributed by atoms with van der Waals surface area (Å²) in [6.45, 7) is 0. The normalized spacial score (nSPS) is 11.9. The van der Waals surface area contributed by atoms with Crippen molar-refractivity contribution in [1.29, 1.82) is 5.26 Å². The largest absolute Gasteiger partial charge is 0.416 e. The van der Waals surface area contributed by atoms with Crippen molar-refractivity contribution in [2.45, 2.75) is 6.18 Å². The van der Waals surface area contributed by atoms with Crippen LogP contribution in [0.3, 0.4) is 0 Å². The van der Waals surface area contributed by atoms with Gasteiger partial charge in [-0.15, -0.1) is 0 Å². The molecule has 0 fully saturated rings. The Morgan fingerprint density at radius 3 is 2.18 bits per heavy atom. The van der Waals surface area contributed by atoms with Crippen molar-refractivity contribution in [3.8, 4) is 6.07 Å². The molecule has 0 bridgehead atoms. The maximum atomic E-state index is 12.2. The fraction of sp³-hybridized carbons (Fsp3) is 0.222. The monoisotopic (exact) mass is 264 g/mol. The summed E-state index contributed by atoms with van der Waals surface area (Å²) in [6.07, 6.45) is -4.47. The molecule has 1 aromatic rings. The third kappa shape index (κ3) is 3.96. The number of nitrogens with one attached hydrogen (secondary N) is 1. The molecule has 0 heterocycles. The average Bonchev–Trinajstić information content (AvgIpc) is 2.16. The molecule has 0 aliphatic heterocycles. The lowest BCUT2D eigenvalue weighted by Crippen LogP contribution is -2.15. The van der Waals surface area contributed by atoms with Crippen molar-refractivity contribution in [2.75, 3.05) is 10.5 Å². The summed E-state index contributed by atoms with van der Waals surface area (Å²) in [5.41, 5.74) is -0.894. The number of alkyl halides is 3. The Morgan fingerprint density at radius 1 is 1.24 bits per heavy atom. The van der Waals surface area contributed by atoms with E-state index in [9.17, 15) is 21.6 Å². The molecule has 0 saturated carbocycles. The molecule has 17 heavy (non-hydrogen) atoms. The lowest BCUT2D eigenvalue weighted by atomic mass is 10.2. The Morgan fingerprint density at radius 2 is 1.76 bits per heavy atom. The third-order valence-electron chi connectivity index (χ3n) is 1.74. The van der Waals surface area contributed by atoms with E-state index in [2.05, 4.69) is 0 Å². The fourth-order valence-corrected chi connectivity index (χ4v) is 1.77.